The molecule has 0 aliphatic rings. The number of halogens is 1. The lowest BCUT2D eigenvalue weighted by Gasteiger charge is -2.06. The van der Waals surface area contributed by atoms with Crippen LogP contribution >= 0.6 is 23.4 Å². The number of rotatable bonds is 3. The summed E-state index contributed by atoms with van der Waals surface area (Å²) < 4.78 is 0. The summed E-state index contributed by atoms with van der Waals surface area (Å²) >= 11 is 7.68. The predicted octanol–water partition coefficient (Wildman–Crippen LogP) is 3.09. The third-order valence-electron chi connectivity index (χ3n) is 1.64. The van der Waals surface area contributed by atoms with E-state index in [-0.39, 0.29) is 6.04 Å². The standard InChI is InChI=1S/C10H14ClNS/c1-7-5-9(3-4-10(7)11)13-6-8(2)12/h3-5,8H,6,12H2,1-2H3. The monoisotopic (exact) mass is 215 g/mol. The molecule has 13 heavy (non-hydrogen) atoms. The molecule has 3 heteroatoms. The number of hydrogen-bond acceptors (Lipinski definition) is 2. The van der Waals surface area contributed by atoms with E-state index >= 15 is 0 Å². The van der Waals surface area contributed by atoms with E-state index in [2.05, 4.69) is 6.07 Å². The molecule has 0 heterocycles. The van der Waals surface area contributed by atoms with Crippen molar-refractivity contribution >= 4 is 23.4 Å². The van der Waals surface area contributed by atoms with Gasteiger partial charge in [-0.2, -0.15) is 0 Å². The lowest BCUT2D eigenvalue weighted by Crippen LogP contribution is -2.17. The van der Waals surface area contributed by atoms with E-state index in [4.69, 9.17) is 17.3 Å². The highest BCUT2D eigenvalue weighted by Gasteiger charge is 1.99. The lowest BCUT2D eigenvalue weighted by atomic mass is 10.2. The van der Waals surface area contributed by atoms with Crippen molar-refractivity contribution in [2.45, 2.75) is 24.8 Å². The normalized spacial score (nSPS) is 12.9. The van der Waals surface area contributed by atoms with Crippen molar-refractivity contribution in [3.05, 3.63) is 28.8 Å². The van der Waals surface area contributed by atoms with Crippen LogP contribution in [0, 0.1) is 6.92 Å². The fourth-order valence-corrected chi connectivity index (χ4v) is 1.93. The molecule has 1 nitrogen and oxygen atoms in total. The molecule has 2 N–H and O–H groups in total. The van der Waals surface area contributed by atoms with Crippen LogP contribution in [0.3, 0.4) is 0 Å². The lowest BCUT2D eigenvalue weighted by molar-refractivity contribution is 0.847. The largest absolute Gasteiger partial charge is 0.327 e. The van der Waals surface area contributed by atoms with Crippen LogP contribution in [0.15, 0.2) is 23.1 Å². The molecular weight excluding hydrogens is 202 g/mol. The summed E-state index contributed by atoms with van der Waals surface area (Å²) in [5.74, 6) is 0.946. The molecule has 0 bridgehead atoms. The molecule has 0 amide bonds. The quantitative estimate of drug-likeness (QED) is 0.785. The molecule has 0 radical (unpaired) electrons. The van der Waals surface area contributed by atoms with Gasteiger partial charge in [-0.05, 0) is 37.6 Å². The number of nitrogens with two attached hydrogens (primary N) is 1. The minimum absolute atomic E-state index is 0.237. The SMILES string of the molecule is Cc1cc(SCC(C)N)ccc1Cl. The van der Waals surface area contributed by atoms with Crippen molar-refractivity contribution < 1.29 is 0 Å². The first-order chi connectivity index (χ1) is 6.09. The molecule has 1 atom stereocenters. The van der Waals surface area contributed by atoms with Gasteiger partial charge in [-0.1, -0.05) is 11.6 Å². The summed E-state index contributed by atoms with van der Waals surface area (Å²) in [6, 6.07) is 6.29. The van der Waals surface area contributed by atoms with Gasteiger partial charge in [0, 0.05) is 21.7 Å². The van der Waals surface area contributed by atoms with Gasteiger partial charge < -0.3 is 5.73 Å². The van der Waals surface area contributed by atoms with Crippen molar-refractivity contribution in [2.75, 3.05) is 5.75 Å². The topological polar surface area (TPSA) is 26.0 Å². The maximum absolute atomic E-state index is 5.91. The zero-order chi connectivity index (χ0) is 9.84. The van der Waals surface area contributed by atoms with Crippen LogP contribution < -0.4 is 5.73 Å². The van der Waals surface area contributed by atoms with Crippen LogP contribution in [0.25, 0.3) is 0 Å². The smallest absolute Gasteiger partial charge is 0.0435 e. The number of benzene rings is 1. The van der Waals surface area contributed by atoms with E-state index in [9.17, 15) is 0 Å². The first kappa shape index (κ1) is 10.9. The van der Waals surface area contributed by atoms with E-state index < -0.39 is 0 Å². The molecule has 1 aromatic carbocycles. The Kier molecular flexibility index (Phi) is 4.10. The highest BCUT2D eigenvalue weighted by atomic mass is 35.5. The highest BCUT2D eigenvalue weighted by Crippen LogP contribution is 2.23. The van der Waals surface area contributed by atoms with Gasteiger partial charge in [0.25, 0.3) is 0 Å². The summed E-state index contributed by atoms with van der Waals surface area (Å²) in [5.41, 5.74) is 6.78. The summed E-state index contributed by atoms with van der Waals surface area (Å²) in [5, 5.41) is 0.824. The van der Waals surface area contributed by atoms with E-state index in [1.165, 1.54) is 4.90 Å². The first-order valence-corrected chi connectivity index (χ1v) is 5.60. The van der Waals surface area contributed by atoms with E-state index in [1.807, 2.05) is 26.0 Å². The third-order valence-corrected chi connectivity index (χ3v) is 3.35. The maximum atomic E-state index is 5.91. The maximum Gasteiger partial charge on any atom is 0.0435 e. The van der Waals surface area contributed by atoms with Crippen LogP contribution in [-0.2, 0) is 0 Å². The highest BCUT2D eigenvalue weighted by molar-refractivity contribution is 7.99. The van der Waals surface area contributed by atoms with Crippen LogP contribution in [-0.4, -0.2) is 11.8 Å². The predicted molar refractivity (Wildman–Crippen MR) is 60.6 cm³/mol. The Balaban J connectivity index is 2.63. The van der Waals surface area contributed by atoms with E-state index in [0.29, 0.717) is 0 Å². The molecule has 0 spiro atoms. The van der Waals surface area contributed by atoms with Crippen LogP contribution in [0.1, 0.15) is 12.5 Å². The van der Waals surface area contributed by atoms with Gasteiger partial charge in [0.05, 0.1) is 0 Å². The number of hydrogen-bond donors (Lipinski definition) is 1. The molecule has 0 aromatic heterocycles. The Labute approximate surface area is 88.7 Å². The Morgan fingerprint density at radius 2 is 2.23 bits per heavy atom. The number of aryl methyl sites for hydroxylation is 1. The van der Waals surface area contributed by atoms with Crippen molar-refractivity contribution in [1.82, 2.24) is 0 Å². The minimum Gasteiger partial charge on any atom is -0.327 e. The Bertz CT molecular complexity index is 286. The minimum atomic E-state index is 0.237. The van der Waals surface area contributed by atoms with Gasteiger partial charge in [0.1, 0.15) is 0 Å². The van der Waals surface area contributed by atoms with Gasteiger partial charge >= 0.3 is 0 Å². The average Bonchev–Trinajstić information content (AvgIpc) is 2.07. The van der Waals surface area contributed by atoms with Gasteiger partial charge in [-0.3, -0.25) is 0 Å². The fourth-order valence-electron chi connectivity index (χ4n) is 0.935. The van der Waals surface area contributed by atoms with Crippen LogP contribution in [0.5, 0.6) is 0 Å². The average molecular weight is 216 g/mol. The van der Waals surface area contributed by atoms with Gasteiger partial charge in [0.2, 0.25) is 0 Å². The summed E-state index contributed by atoms with van der Waals surface area (Å²) in [7, 11) is 0. The summed E-state index contributed by atoms with van der Waals surface area (Å²) in [4.78, 5) is 1.24. The fraction of sp³-hybridized carbons (Fsp3) is 0.400. The second kappa shape index (κ2) is 4.89. The molecule has 1 unspecified atom stereocenters. The van der Waals surface area contributed by atoms with Crippen molar-refractivity contribution in [3.63, 3.8) is 0 Å². The summed E-state index contributed by atoms with van der Waals surface area (Å²) in [6.07, 6.45) is 0. The molecule has 1 aromatic rings. The molecule has 0 aliphatic carbocycles. The van der Waals surface area contributed by atoms with Gasteiger partial charge in [-0.25, -0.2) is 0 Å². The van der Waals surface area contributed by atoms with Gasteiger partial charge in [-0.15, -0.1) is 11.8 Å². The molecule has 0 aliphatic heterocycles. The zero-order valence-electron chi connectivity index (χ0n) is 7.88. The van der Waals surface area contributed by atoms with Crippen molar-refractivity contribution in [2.24, 2.45) is 5.73 Å². The van der Waals surface area contributed by atoms with Crippen LogP contribution in [0.4, 0.5) is 0 Å². The third kappa shape index (κ3) is 3.59. The Hall–Kier alpha value is -0.180. The Morgan fingerprint density at radius 1 is 1.54 bits per heavy atom. The van der Waals surface area contributed by atoms with E-state index in [1.54, 1.807) is 11.8 Å². The molecule has 0 fully saturated rings. The van der Waals surface area contributed by atoms with Crippen molar-refractivity contribution in [1.29, 1.82) is 0 Å². The molecule has 0 saturated heterocycles. The first-order valence-electron chi connectivity index (χ1n) is 4.24. The zero-order valence-corrected chi connectivity index (χ0v) is 9.45. The van der Waals surface area contributed by atoms with Crippen molar-refractivity contribution in [3.8, 4) is 0 Å². The van der Waals surface area contributed by atoms with Gasteiger partial charge in [0.15, 0.2) is 0 Å². The molecule has 72 valence electrons. The molecule has 0 saturated carbocycles. The number of thioether (sulfide) groups is 1. The molecular formula is C10H14ClNS. The van der Waals surface area contributed by atoms with Crippen LogP contribution in [0.2, 0.25) is 5.02 Å². The summed E-state index contributed by atoms with van der Waals surface area (Å²) in [6.45, 7) is 4.02. The van der Waals surface area contributed by atoms with E-state index in [0.717, 1.165) is 16.3 Å². The Morgan fingerprint density at radius 3 is 2.77 bits per heavy atom. The molecule has 1 rings (SSSR count). The second-order valence-electron chi connectivity index (χ2n) is 3.20. The second-order valence-corrected chi connectivity index (χ2v) is 4.70.